The molecule has 2 N–H and O–H groups in total. The summed E-state index contributed by atoms with van der Waals surface area (Å²) >= 11 is 0. The Labute approximate surface area is 114 Å². The summed E-state index contributed by atoms with van der Waals surface area (Å²) in [5.41, 5.74) is 0. The van der Waals surface area contributed by atoms with Crippen LogP contribution in [0.25, 0.3) is 0 Å². The summed E-state index contributed by atoms with van der Waals surface area (Å²) in [4.78, 5) is 11.4. The summed E-state index contributed by atoms with van der Waals surface area (Å²) in [6.45, 7) is 3.71. The Morgan fingerprint density at radius 1 is 1.53 bits per heavy atom. The van der Waals surface area contributed by atoms with Gasteiger partial charge in [-0.2, -0.15) is 12.7 Å². The first-order valence-electron chi connectivity index (χ1n) is 6.48. The van der Waals surface area contributed by atoms with Crippen LogP contribution in [-0.4, -0.2) is 49.2 Å². The van der Waals surface area contributed by atoms with E-state index in [2.05, 4.69) is 0 Å². The van der Waals surface area contributed by atoms with Crippen molar-refractivity contribution >= 4 is 16.3 Å². The van der Waals surface area contributed by atoms with Crippen LogP contribution in [0.4, 0.5) is 4.79 Å². The number of carbonyl (C=O) groups is 1. The van der Waals surface area contributed by atoms with Gasteiger partial charge in [-0.15, -0.1) is 0 Å². The molecule has 0 aromatic rings. The maximum absolute atomic E-state index is 12.0. The van der Waals surface area contributed by atoms with E-state index >= 15 is 0 Å². The van der Waals surface area contributed by atoms with E-state index in [4.69, 9.17) is 9.84 Å². The Morgan fingerprint density at radius 3 is 2.79 bits per heavy atom. The van der Waals surface area contributed by atoms with Crippen LogP contribution in [-0.2, 0) is 14.9 Å². The van der Waals surface area contributed by atoms with Crippen molar-refractivity contribution in [1.29, 1.82) is 0 Å². The van der Waals surface area contributed by atoms with Crippen molar-refractivity contribution in [3.63, 3.8) is 0 Å². The fraction of sp³-hybridized carbons (Fsp3) is 0.909. The van der Waals surface area contributed by atoms with Gasteiger partial charge in [0.25, 0.3) is 0 Å². The topological polar surface area (TPSA) is 95.9 Å². The number of rotatable bonds is 6. The zero-order valence-electron chi connectivity index (χ0n) is 11.3. The van der Waals surface area contributed by atoms with Crippen LogP contribution in [0.3, 0.4) is 0 Å². The van der Waals surface area contributed by atoms with Gasteiger partial charge in [0.2, 0.25) is 0 Å². The van der Waals surface area contributed by atoms with Gasteiger partial charge in [0.1, 0.15) is 0 Å². The molecule has 19 heavy (non-hydrogen) atoms. The number of nitrogens with zero attached hydrogens (tertiary/aromatic N) is 1. The maximum Gasteiger partial charge on any atom is 0.422 e. The molecule has 0 spiro atoms. The number of hydrogen-bond donors (Lipinski definition) is 2. The molecular formula is C11H22N2O5S. The van der Waals surface area contributed by atoms with E-state index in [9.17, 15) is 13.2 Å². The van der Waals surface area contributed by atoms with Crippen molar-refractivity contribution in [2.24, 2.45) is 0 Å². The van der Waals surface area contributed by atoms with E-state index < -0.39 is 16.3 Å². The smallest absolute Gasteiger partial charge is 0.422 e. The van der Waals surface area contributed by atoms with Gasteiger partial charge < -0.3 is 9.84 Å². The SMILES string of the molecule is CC(C)OC(=O)NS(=O)(=O)N1CCCC1CCCO. The van der Waals surface area contributed by atoms with E-state index in [0.717, 1.165) is 12.8 Å². The highest BCUT2D eigenvalue weighted by Crippen LogP contribution is 2.23. The van der Waals surface area contributed by atoms with Crippen LogP contribution in [0, 0.1) is 0 Å². The molecule has 1 rings (SSSR count). The largest absolute Gasteiger partial charge is 0.446 e. The standard InChI is InChI=1S/C11H22N2O5S/c1-9(2)18-11(15)12-19(16,17)13-7-3-5-10(13)6-4-8-14/h9-10,14H,3-8H2,1-2H3,(H,12,15). The monoisotopic (exact) mass is 294 g/mol. The van der Waals surface area contributed by atoms with Crippen LogP contribution in [0.1, 0.15) is 39.5 Å². The second-order valence-corrected chi connectivity index (χ2v) is 6.46. The molecule has 1 unspecified atom stereocenters. The fourth-order valence-electron chi connectivity index (χ4n) is 2.14. The Morgan fingerprint density at radius 2 is 2.21 bits per heavy atom. The predicted molar refractivity (Wildman–Crippen MR) is 69.7 cm³/mol. The molecular weight excluding hydrogens is 272 g/mol. The van der Waals surface area contributed by atoms with Crippen molar-refractivity contribution in [2.75, 3.05) is 13.2 Å². The van der Waals surface area contributed by atoms with Gasteiger partial charge in [0.15, 0.2) is 0 Å². The number of aliphatic hydroxyl groups is 1. The van der Waals surface area contributed by atoms with Crippen LogP contribution in [0.2, 0.25) is 0 Å². The molecule has 1 aliphatic rings. The molecule has 0 aromatic heterocycles. The van der Waals surface area contributed by atoms with Gasteiger partial charge >= 0.3 is 16.3 Å². The summed E-state index contributed by atoms with van der Waals surface area (Å²) in [5.74, 6) is 0. The molecule has 112 valence electrons. The van der Waals surface area contributed by atoms with Crippen molar-refractivity contribution in [3.05, 3.63) is 0 Å². The summed E-state index contributed by atoms with van der Waals surface area (Å²) in [5, 5.41) is 8.80. The third kappa shape index (κ3) is 4.96. The van der Waals surface area contributed by atoms with Gasteiger partial charge in [-0.3, -0.25) is 0 Å². The van der Waals surface area contributed by atoms with Gasteiger partial charge in [-0.1, -0.05) is 0 Å². The van der Waals surface area contributed by atoms with E-state index in [1.165, 1.54) is 4.31 Å². The van der Waals surface area contributed by atoms with Crippen LogP contribution in [0.5, 0.6) is 0 Å². The summed E-state index contributed by atoms with van der Waals surface area (Å²) in [7, 11) is -3.86. The zero-order valence-corrected chi connectivity index (χ0v) is 12.1. The normalized spacial score (nSPS) is 20.7. The number of aliphatic hydroxyl groups excluding tert-OH is 1. The van der Waals surface area contributed by atoms with Crippen LogP contribution < -0.4 is 4.72 Å². The zero-order chi connectivity index (χ0) is 14.5. The highest BCUT2D eigenvalue weighted by Gasteiger charge is 2.35. The molecule has 0 radical (unpaired) electrons. The van der Waals surface area contributed by atoms with Gasteiger partial charge in [-0.05, 0) is 39.5 Å². The lowest BCUT2D eigenvalue weighted by Gasteiger charge is -2.23. The van der Waals surface area contributed by atoms with Crippen LogP contribution >= 0.6 is 0 Å². The number of ether oxygens (including phenoxy) is 1. The Bertz CT molecular complexity index is 396. The first kappa shape index (κ1) is 16.2. The van der Waals surface area contributed by atoms with E-state index in [1.54, 1.807) is 13.8 Å². The molecule has 0 aromatic carbocycles. The average molecular weight is 294 g/mol. The lowest BCUT2D eigenvalue weighted by molar-refractivity contribution is 0.121. The summed E-state index contributed by atoms with van der Waals surface area (Å²) in [6.07, 6.45) is 1.32. The Hall–Kier alpha value is -0.860. The molecule has 0 aliphatic carbocycles. The molecule has 1 aliphatic heterocycles. The van der Waals surface area contributed by atoms with Crippen LogP contribution in [0.15, 0.2) is 0 Å². The number of hydrogen-bond acceptors (Lipinski definition) is 5. The lowest BCUT2D eigenvalue weighted by Crippen LogP contribution is -2.46. The molecule has 1 heterocycles. The van der Waals surface area contributed by atoms with Crippen molar-refractivity contribution in [1.82, 2.24) is 9.03 Å². The maximum atomic E-state index is 12.0. The highest BCUT2D eigenvalue weighted by molar-refractivity contribution is 7.87. The molecule has 1 fully saturated rings. The predicted octanol–water partition coefficient (Wildman–Crippen LogP) is 0.603. The molecule has 1 atom stereocenters. The van der Waals surface area contributed by atoms with Gasteiger partial charge in [0, 0.05) is 19.2 Å². The van der Waals surface area contributed by atoms with Gasteiger partial charge in [0.05, 0.1) is 6.10 Å². The van der Waals surface area contributed by atoms with Gasteiger partial charge in [-0.25, -0.2) is 9.52 Å². The highest BCUT2D eigenvalue weighted by atomic mass is 32.2. The van der Waals surface area contributed by atoms with Crippen molar-refractivity contribution in [2.45, 2.75) is 51.7 Å². The minimum Gasteiger partial charge on any atom is -0.446 e. The fourth-order valence-corrected chi connectivity index (χ4v) is 3.49. The van der Waals surface area contributed by atoms with Crippen molar-refractivity contribution in [3.8, 4) is 0 Å². The first-order chi connectivity index (χ1) is 8.86. The van der Waals surface area contributed by atoms with E-state index in [-0.39, 0.29) is 18.8 Å². The number of amides is 1. The van der Waals surface area contributed by atoms with E-state index in [0.29, 0.717) is 19.4 Å². The first-order valence-corrected chi connectivity index (χ1v) is 7.92. The molecule has 1 amide bonds. The number of carbonyl (C=O) groups excluding carboxylic acids is 1. The quantitative estimate of drug-likeness (QED) is 0.748. The molecule has 1 saturated heterocycles. The lowest BCUT2D eigenvalue weighted by atomic mass is 10.1. The molecule has 0 bridgehead atoms. The second-order valence-electron chi connectivity index (χ2n) is 4.83. The summed E-state index contributed by atoms with van der Waals surface area (Å²) in [6, 6.07) is -0.156. The third-order valence-corrected chi connectivity index (χ3v) is 4.41. The average Bonchev–Trinajstić information content (AvgIpc) is 2.72. The summed E-state index contributed by atoms with van der Waals surface area (Å²) < 4.78 is 32.1. The third-order valence-electron chi connectivity index (χ3n) is 2.88. The second kappa shape index (κ2) is 7.06. The Kier molecular flexibility index (Phi) is 6.02. The molecule has 0 saturated carbocycles. The molecule has 8 heteroatoms. The van der Waals surface area contributed by atoms with E-state index in [1.807, 2.05) is 4.72 Å². The minimum atomic E-state index is -3.86. The molecule has 7 nitrogen and oxygen atoms in total. The minimum absolute atomic E-state index is 0.0349. The number of nitrogens with one attached hydrogen (secondary N) is 1. The Balaban J connectivity index is 2.62. The van der Waals surface area contributed by atoms with Crippen molar-refractivity contribution < 1.29 is 23.1 Å².